The Morgan fingerprint density at radius 2 is 1.44 bits per heavy atom. The Labute approximate surface area is 117 Å². The molecular formula is C16H15ClS. The average Bonchev–Trinajstić information content (AvgIpc) is 2.43. The lowest BCUT2D eigenvalue weighted by Gasteiger charge is -2.27. The van der Waals surface area contributed by atoms with Gasteiger partial charge in [-0.05, 0) is 36.1 Å². The maximum atomic E-state index is 5.87. The van der Waals surface area contributed by atoms with Crippen molar-refractivity contribution in [2.75, 3.05) is 5.88 Å². The Bertz CT molecular complexity index is 505. The van der Waals surface area contributed by atoms with E-state index in [2.05, 4.69) is 48.5 Å². The van der Waals surface area contributed by atoms with Crippen molar-refractivity contribution in [3.63, 3.8) is 0 Å². The van der Waals surface area contributed by atoms with Gasteiger partial charge in [0.2, 0.25) is 0 Å². The minimum Gasteiger partial charge on any atom is -0.127 e. The number of hydrogen-bond acceptors (Lipinski definition) is 1. The third-order valence-corrected chi connectivity index (χ3v) is 4.89. The lowest BCUT2D eigenvalue weighted by Crippen LogP contribution is -2.08. The zero-order valence-electron chi connectivity index (χ0n) is 10.1. The first-order valence-corrected chi connectivity index (χ1v) is 7.67. The van der Waals surface area contributed by atoms with Crippen LogP contribution in [0.4, 0.5) is 0 Å². The normalized spacial score (nSPS) is 14.1. The van der Waals surface area contributed by atoms with Crippen molar-refractivity contribution in [1.29, 1.82) is 0 Å². The van der Waals surface area contributed by atoms with Crippen molar-refractivity contribution in [2.45, 2.75) is 28.6 Å². The minimum absolute atomic E-state index is 0.511. The molecule has 0 nitrogen and oxygen atoms in total. The number of benzene rings is 2. The number of rotatable bonds is 3. The quantitative estimate of drug-likeness (QED) is 0.684. The molecule has 2 aromatic rings. The number of halogens is 1. The van der Waals surface area contributed by atoms with Gasteiger partial charge in [-0.15, -0.1) is 11.6 Å². The monoisotopic (exact) mass is 274 g/mol. The summed E-state index contributed by atoms with van der Waals surface area (Å²) in [7, 11) is 0. The molecule has 0 aromatic heterocycles. The third kappa shape index (κ3) is 2.17. The predicted octanol–water partition coefficient (Wildman–Crippen LogP) is 5.30. The molecule has 0 bridgehead atoms. The van der Waals surface area contributed by atoms with Crippen molar-refractivity contribution >= 4 is 23.4 Å². The van der Waals surface area contributed by atoms with Gasteiger partial charge in [0.25, 0.3) is 0 Å². The summed E-state index contributed by atoms with van der Waals surface area (Å²) in [6, 6.07) is 17.5. The van der Waals surface area contributed by atoms with Gasteiger partial charge in [0.05, 0.1) is 0 Å². The molecule has 1 heterocycles. The van der Waals surface area contributed by atoms with Crippen molar-refractivity contribution in [3.05, 3.63) is 59.7 Å². The molecule has 1 aliphatic rings. The maximum absolute atomic E-state index is 5.87. The van der Waals surface area contributed by atoms with E-state index in [0.29, 0.717) is 5.92 Å². The molecule has 0 amide bonds. The Kier molecular flexibility index (Phi) is 3.62. The van der Waals surface area contributed by atoms with Crippen LogP contribution in [-0.2, 0) is 0 Å². The number of alkyl halides is 1. The molecule has 2 heteroatoms. The molecule has 0 unspecified atom stereocenters. The van der Waals surface area contributed by atoms with Crippen LogP contribution < -0.4 is 0 Å². The first-order valence-electron chi connectivity index (χ1n) is 6.32. The fourth-order valence-electron chi connectivity index (χ4n) is 2.60. The van der Waals surface area contributed by atoms with E-state index in [0.717, 1.165) is 18.7 Å². The molecule has 0 spiro atoms. The summed E-state index contributed by atoms with van der Waals surface area (Å²) < 4.78 is 0. The van der Waals surface area contributed by atoms with Crippen LogP contribution in [0.15, 0.2) is 58.3 Å². The highest BCUT2D eigenvalue weighted by atomic mass is 35.5. The van der Waals surface area contributed by atoms with E-state index in [4.69, 9.17) is 11.6 Å². The molecule has 0 fully saturated rings. The Morgan fingerprint density at radius 1 is 0.889 bits per heavy atom. The smallest absolute Gasteiger partial charge is 0.0223 e. The molecule has 0 atom stereocenters. The summed E-state index contributed by atoms with van der Waals surface area (Å²) in [5, 5.41) is 0. The van der Waals surface area contributed by atoms with Gasteiger partial charge in [0, 0.05) is 21.6 Å². The van der Waals surface area contributed by atoms with Crippen LogP contribution in [0.5, 0.6) is 0 Å². The summed E-state index contributed by atoms with van der Waals surface area (Å²) in [5.41, 5.74) is 2.93. The van der Waals surface area contributed by atoms with Crippen molar-refractivity contribution in [1.82, 2.24) is 0 Å². The predicted molar refractivity (Wildman–Crippen MR) is 78.8 cm³/mol. The van der Waals surface area contributed by atoms with E-state index in [-0.39, 0.29) is 0 Å². The van der Waals surface area contributed by atoms with Gasteiger partial charge in [0.1, 0.15) is 0 Å². The first kappa shape index (κ1) is 12.1. The van der Waals surface area contributed by atoms with Crippen molar-refractivity contribution < 1.29 is 0 Å². The number of fused-ring (bicyclic) bond motifs is 2. The fourth-order valence-corrected chi connectivity index (χ4v) is 3.94. The first-order chi connectivity index (χ1) is 8.90. The Hall–Kier alpha value is -0.920. The van der Waals surface area contributed by atoms with Gasteiger partial charge in [-0.3, -0.25) is 0 Å². The summed E-state index contributed by atoms with van der Waals surface area (Å²) in [4.78, 5) is 2.80. The second kappa shape index (κ2) is 5.38. The highest BCUT2D eigenvalue weighted by molar-refractivity contribution is 7.99. The molecular weight excluding hydrogens is 260 g/mol. The van der Waals surface area contributed by atoms with Gasteiger partial charge in [0.15, 0.2) is 0 Å². The van der Waals surface area contributed by atoms with Gasteiger partial charge >= 0.3 is 0 Å². The van der Waals surface area contributed by atoms with Crippen LogP contribution in [0.1, 0.15) is 29.9 Å². The Balaban J connectivity index is 2.05. The maximum Gasteiger partial charge on any atom is 0.0223 e. The van der Waals surface area contributed by atoms with Gasteiger partial charge in [-0.1, -0.05) is 48.2 Å². The highest BCUT2D eigenvalue weighted by Crippen LogP contribution is 2.47. The summed E-state index contributed by atoms with van der Waals surface area (Å²) in [6.45, 7) is 0. The summed E-state index contributed by atoms with van der Waals surface area (Å²) in [6.07, 6.45) is 2.21. The zero-order chi connectivity index (χ0) is 12.4. The van der Waals surface area contributed by atoms with Crippen molar-refractivity contribution in [3.8, 4) is 0 Å². The van der Waals surface area contributed by atoms with Crippen LogP contribution in [0.25, 0.3) is 0 Å². The topological polar surface area (TPSA) is 0 Å². The van der Waals surface area contributed by atoms with E-state index in [1.165, 1.54) is 20.9 Å². The molecule has 1 aliphatic heterocycles. The molecule has 92 valence electrons. The summed E-state index contributed by atoms with van der Waals surface area (Å²) >= 11 is 7.76. The van der Waals surface area contributed by atoms with E-state index < -0.39 is 0 Å². The molecule has 18 heavy (non-hydrogen) atoms. The zero-order valence-corrected chi connectivity index (χ0v) is 11.7. The number of hydrogen-bond donors (Lipinski definition) is 0. The average molecular weight is 275 g/mol. The lowest BCUT2D eigenvalue weighted by atomic mass is 9.87. The van der Waals surface area contributed by atoms with Gasteiger partial charge < -0.3 is 0 Å². The van der Waals surface area contributed by atoms with Crippen molar-refractivity contribution in [2.24, 2.45) is 0 Å². The molecule has 0 aliphatic carbocycles. The molecule has 0 radical (unpaired) electrons. The lowest BCUT2D eigenvalue weighted by molar-refractivity contribution is 0.676. The van der Waals surface area contributed by atoms with Crippen LogP contribution in [-0.4, -0.2) is 5.88 Å². The largest absolute Gasteiger partial charge is 0.127 e. The van der Waals surface area contributed by atoms with Crippen LogP contribution in [0.2, 0.25) is 0 Å². The van der Waals surface area contributed by atoms with E-state index in [1.807, 2.05) is 11.8 Å². The van der Waals surface area contributed by atoms with Gasteiger partial charge in [-0.2, -0.15) is 0 Å². The van der Waals surface area contributed by atoms with Crippen LogP contribution in [0, 0.1) is 0 Å². The van der Waals surface area contributed by atoms with E-state index >= 15 is 0 Å². The van der Waals surface area contributed by atoms with E-state index in [1.54, 1.807) is 0 Å². The van der Waals surface area contributed by atoms with Crippen LogP contribution >= 0.6 is 23.4 Å². The second-order valence-electron chi connectivity index (χ2n) is 4.56. The summed E-state index contributed by atoms with van der Waals surface area (Å²) in [5.74, 6) is 1.26. The van der Waals surface area contributed by atoms with E-state index in [9.17, 15) is 0 Å². The Morgan fingerprint density at radius 3 is 2.00 bits per heavy atom. The molecule has 0 N–H and O–H groups in total. The molecule has 2 aromatic carbocycles. The molecule has 3 rings (SSSR count). The van der Waals surface area contributed by atoms with Crippen LogP contribution in [0.3, 0.4) is 0 Å². The standard InChI is InChI=1S/C16H15ClS/c17-11-5-8-12-13-6-1-3-9-15(13)18-16-10-4-2-7-14(12)16/h1-4,6-7,9-10,12H,5,8,11H2. The molecule has 0 saturated heterocycles. The van der Waals surface area contributed by atoms with Gasteiger partial charge in [-0.25, -0.2) is 0 Å². The molecule has 0 saturated carbocycles. The minimum atomic E-state index is 0.511. The second-order valence-corrected chi connectivity index (χ2v) is 6.02. The highest BCUT2D eigenvalue weighted by Gasteiger charge is 2.24. The fraction of sp³-hybridized carbons (Fsp3) is 0.250. The third-order valence-electron chi connectivity index (χ3n) is 3.44. The SMILES string of the molecule is ClCCCC1c2ccccc2Sc2ccccc21.